The number of nitrogens with zero attached hydrogens (tertiary/aromatic N) is 4. The van der Waals surface area contributed by atoms with Gasteiger partial charge >= 0.3 is 0 Å². The molecule has 0 amide bonds. The second kappa shape index (κ2) is 14.4. The molecule has 5 nitrogen and oxygen atoms in total. The third kappa shape index (κ3) is 5.70. The molecule has 1 aliphatic rings. The van der Waals surface area contributed by atoms with Gasteiger partial charge in [0.05, 0.1) is 11.0 Å². The third-order valence-electron chi connectivity index (χ3n) is 13.8. The molecule has 10 aromatic carbocycles. The Labute approximate surface area is 379 Å². The van der Waals surface area contributed by atoms with E-state index in [0.717, 1.165) is 61.5 Å². The molecule has 3 aromatic heterocycles. The molecule has 308 valence electrons. The molecule has 66 heavy (non-hydrogen) atoms. The van der Waals surface area contributed by atoms with Gasteiger partial charge in [0.15, 0.2) is 17.5 Å². The predicted octanol–water partition coefficient (Wildman–Crippen LogP) is 15.5. The molecular formula is C61H38N4O. The largest absolute Gasteiger partial charge is 0.456 e. The summed E-state index contributed by atoms with van der Waals surface area (Å²) in [4.78, 5) is 15.5. The molecule has 0 saturated carbocycles. The normalized spacial score (nSPS) is 13.5. The SMILES string of the molecule is c1ccc(-n2c3ccccc3c3ccc4c(c32)C(c2cccc3oc5cc(-c6nc(-c7ccc8ccccc8c7)nc(-c7ccc8ccccc8c7)n6)ccc5c23)Cc2ccccc2-4)cc1. The van der Waals surface area contributed by atoms with Crippen molar-refractivity contribution in [3.05, 3.63) is 229 Å². The first-order valence-corrected chi connectivity index (χ1v) is 22.6. The zero-order valence-corrected chi connectivity index (χ0v) is 35.7. The summed E-state index contributed by atoms with van der Waals surface area (Å²) in [7, 11) is 0. The van der Waals surface area contributed by atoms with Crippen molar-refractivity contribution in [3.8, 4) is 51.0 Å². The first-order valence-electron chi connectivity index (χ1n) is 22.6. The smallest absolute Gasteiger partial charge is 0.164 e. The van der Waals surface area contributed by atoms with Crippen molar-refractivity contribution < 1.29 is 4.42 Å². The number of fused-ring (bicyclic) bond motifs is 12. The highest BCUT2D eigenvalue weighted by molar-refractivity contribution is 6.13. The summed E-state index contributed by atoms with van der Waals surface area (Å²) in [5, 5.41) is 9.33. The van der Waals surface area contributed by atoms with E-state index < -0.39 is 0 Å². The molecule has 3 heterocycles. The van der Waals surface area contributed by atoms with Crippen molar-refractivity contribution >= 4 is 65.3 Å². The minimum absolute atomic E-state index is 0.0482. The van der Waals surface area contributed by atoms with Crippen LogP contribution in [-0.2, 0) is 6.42 Å². The van der Waals surface area contributed by atoms with Crippen molar-refractivity contribution in [1.82, 2.24) is 19.5 Å². The van der Waals surface area contributed by atoms with Gasteiger partial charge in [-0.2, -0.15) is 0 Å². The van der Waals surface area contributed by atoms with Crippen LogP contribution in [0.1, 0.15) is 22.6 Å². The van der Waals surface area contributed by atoms with Crippen LogP contribution in [0.5, 0.6) is 0 Å². The Bertz CT molecular complexity index is 4010. The fourth-order valence-electron chi connectivity index (χ4n) is 10.8. The minimum atomic E-state index is 0.0482. The highest BCUT2D eigenvalue weighted by Crippen LogP contribution is 2.50. The van der Waals surface area contributed by atoms with Crippen molar-refractivity contribution in [2.45, 2.75) is 12.3 Å². The average molecular weight is 843 g/mol. The fraction of sp³-hybridized carbons (Fsp3) is 0.0328. The summed E-state index contributed by atoms with van der Waals surface area (Å²) in [5.41, 5.74) is 14.5. The topological polar surface area (TPSA) is 56.7 Å². The molecule has 0 N–H and O–H groups in total. The van der Waals surface area contributed by atoms with E-state index in [0.29, 0.717) is 17.5 Å². The highest BCUT2D eigenvalue weighted by atomic mass is 16.3. The van der Waals surface area contributed by atoms with Crippen molar-refractivity contribution in [1.29, 1.82) is 0 Å². The maximum Gasteiger partial charge on any atom is 0.164 e. The minimum Gasteiger partial charge on any atom is -0.456 e. The maximum absolute atomic E-state index is 6.88. The van der Waals surface area contributed by atoms with Crippen LogP contribution in [0, 0.1) is 0 Å². The monoisotopic (exact) mass is 842 g/mol. The van der Waals surface area contributed by atoms with E-state index in [-0.39, 0.29) is 5.92 Å². The molecule has 1 unspecified atom stereocenters. The van der Waals surface area contributed by atoms with Gasteiger partial charge in [-0.25, -0.2) is 15.0 Å². The average Bonchev–Trinajstić information content (AvgIpc) is 3.94. The van der Waals surface area contributed by atoms with Crippen LogP contribution < -0.4 is 0 Å². The van der Waals surface area contributed by atoms with Gasteiger partial charge < -0.3 is 8.98 Å². The number of furan rings is 1. The van der Waals surface area contributed by atoms with Gasteiger partial charge in [0.1, 0.15) is 11.2 Å². The number of rotatable bonds is 5. The summed E-state index contributed by atoms with van der Waals surface area (Å²) in [5.74, 6) is 1.88. The molecule has 0 aliphatic heterocycles. The maximum atomic E-state index is 6.88. The van der Waals surface area contributed by atoms with Gasteiger partial charge in [0.2, 0.25) is 0 Å². The number of aromatic nitrogens is 4. The molecule has 1 aliphatic carbocycles. The Balaban J connectivity index is 0.965. The second-order valence-electron chi connectivity index (χ2n) is 17.5. The standard InChI is InChI=1S/C61H38N4O/c1-2-18-45(19-3-1)65-53-23-11-10-21-47(53)50-32-31-49-46-20-9-8-17-41(46)35-52(57(49)58(50)65)48-22-12-24-54-56(48)51-30-29-44(36-55(51)66-54)61-63-59(42-27-25-37-13-4-6-15-39(37)33-42)62-60(64-61)43-28-26-38-14-5-7-16-40(38)34-43/h1-34,36,52H,35H2. The molecular weight excluding hydrogens is 805 g/mol. The van der Waals surface area contributed by atoms with Gasteiger partial charge in [-0.1, -0.05) is 164 Å². The Morgan fingerprint density at radius 1 is 0.424 bits per heavy atom. The zero-order valence-electron chi connectivity index (χ0n) is 35.7. The van der Waals surface area contributed by atoms with Crippen LogP contribution in [-0.4, -0.2) is 19.5 Å². The quantitative estimate of drug-likeness (QED) is 0.173. The van der Waals surface area contributed by atoms with Crippen molar-refractivity contribution in [3.63, 3.8) is 0 Å². The second-order valence-corrected chi connectivity index (χ2v) is 17.5. The van der Waals surface area contributed by atoms with Gasteiger partial charge in [0, 0.05) is 49.8 Å². The molecule has 13 aromatic rings. The molecule has 0 saturated heterocycles. The Morgan fingerprint density at radius 3 is 1.77 bits per heavy atom. The number of hydrogen-bond donors (Lipinski definition) is 0. The summed E-state index contributed by atoms with van der Waals surface area (Å²) in [6.45, 7) is 0. The lowest BCUT2D eigenvalue weighted by atomic mass is 9.74. The lowest BCUT2D eigenvalue weighted by Crippen LogP contribution is -2.14. The van der Waals surface area contributed by atoms with Gasteiger partial charge in [-0.05, 0) is 104 Å². The van der Waals surface area contributed by atoms with Gasteiger partial charge in [-0.3, -0.25) is 0 Å². The molecule has 5 heteroatoms. The fourth-order valence-corrected chi connectivity index (χ4v) is 10.8. The summed E-state index contributed by atoms with van der Waals surface area (Å²) >= 11 is 0. The number of benzene rings is 10. The first-order chi connectivity index (χ1) is 32.7. The van der Waals surface area contributed by atoms with Crippen molar-refractivity contribution in [2.75, 3.05) is 0 Å². The number of hydrogen-bond acceptors (Lipinski definition) is 4. The Kier molecular flexibility index (Phi) is 8.04. The van der Waals surface area contributed by atoms with Crippen LogP contribution in [0.2, 0.25) is 0 Å². The zero-order chi connectivity index (χ0) is 43.3. The molecule has 1 atom stereocenters. The van der Waals surface area contributed by atoms with Crippen LogP contribution in [0.4, 0.5) is 0 Å². The molecule has 14 rings (SSSR count). The van der Waals surface area contributed by atoms with E-state index >= 15 is 0 Å². The molecule has 0 spiro atoms. The lowest BCUT2D eigenvalue weighted by molar-refractivity contribution is 0.668. The highest BCUT2D eigenvalue weighted by Gasteiger charge is 2.32. The Morgan fingerprint density at radius 2 is 1.03 bits per heavy atom. The summed E-state index contributed by atoms with van der Waals surface area (Å²) in [6.07, 6.45) is 0.864. The van der Waals surface area contributed by atoms with E-state index in [1.165, 1.54) is 60.4 Å². The van der Waals surface area contributed by atoms with E-state index in [1.54, 1.807) is 0 Å². The van der Waals surface area contributed by atoms with Crippen LogP contribution >= 0.6 is 0 Å². The molecule has 0 radical (unpaired) electrons. The molecule has 0 fully saturated rings. The first kappa shape index (κ1) is 36.8. The number of para-hydroxylation sites is 2. The predicted molar refractivity (Wildman–Crippen MR) is 270 cm³/mol. The van der Waals surface area contributed by atoms with E-state index in [4.69, 9.17) is 19.4 Å². The molecule has 0 bridgehead atoms. The third-order valence-corrected chi connectivity index (χ3v) is 13.8. The van der Waals surface area contributed by atoms with Crippen LogP contribution in [0.25, 0.3) is 116 Å². The van der Waals surface area contributed by atoms with Gasteiger partial charge in [-0.15, -0.1) is 0 Å². The van der Waals surface area contributed by atoms with E-state index in [1.807, 2.05) is 0 Å². The van der Waals surface area contributed by atoms with Gasteiger partial charge in [0.25, 0.3) is 0 Å². The summed E-state index contributed by atoms with van der Waals surface area (Å²) < 4.78 is 9.37. The lowest BCUT2D eigenvalue weighted by Gasteiger charge is -2.30. The van der Waals surface area contributed by atoms with Crippen LogP contribution in [0.3, 0.4) is 0 Å². The van der Waals surface area contributed by atoms with E-state index in [9.17, 15) is 0 Å². The van der Waals surface area contributed by atoms with Crippen molar-refractivity contribution in [2.24, 2.45) is 0 Å². The Hall–Kier alpha value is -8.67. The summed E-state index contributed by atoms with van der Waals surface area (Å²) in [6, 6.07) is 75.9. The van der Waals surface area contributed by atoms with Crippen LogP contribution in [0.15, 0.2) is 217 Å². The van der Waals surface area contributed by atoms with E-state index in [2.05, 4.69) is 217 Å².